The van der Waals surface area contributed by atoms with E-state index in [0.29, 0.717) is 12.0 Å². The van der Waals surface area contributed by atoms with Gasteiger partial charge < -0.3 is 15.0 Å². The number of piperidine rings is 1. The van der Waals surface area contributed by atoms with E-state index in [1.54, 1.807) is 0 Å². The number of rotatable bonds is 1. The Morgan fingerprint density at radius 3 is 3.00 bits per heavy atom. The van der Waals surface area contributed by atoms with Crippen LogP contribution in [0.2, 0.25) is 0 Å². The molecule has 0 radical (unpaired) electrons. The summed E-state index contributed by atoms with van der Waals surface area (Å²) in [4.78, 5) is 13.6. The van der Waals surface area contributed by atoms with Gasteiger partial charge in [-0.1, -0.05) is 0 Å². The first kappa shape index (κ1) is 8.97. The number of esters is 1. The third kappa shape index (κ3) is 1.56. The normalized spacial score (nSPS) is 39.1. The highest BCUT2D eigenvalue weighted by molar-refractivity contribution is 5.76. The minimum atomic E-state index is -0.109. The van der Waals surface area contributed by atoms with Gasteiger partial charge in [0.25, 0.3) is 0 Å². The lowest BCUT2D eigenvalue weighted by atomic mass is 9.95. The molecular formula is C9H16N2O2. The van der Waals surface area contributed by atoms with Crippen molar-refractivity contribution in [2.24, 2.45) is 5.92 Å². The molecule has 0 aromatic carbocycles. The average Bonchev–Trinajstić information content (AvgIpc) is 2.40. The maximum atomic E-state index is 11.4. The number of nitrogens with one attached hydrogen (secondary N) is 1. The topological polar surface area (TPSA) is 41.6 Å². The summed E-state index contributed by atoms with van der Waals surface area (Å²) in [5, 5.41) is 3.32. The van der Waals surface area contributed by atoms with Crippen molar-refractivity contribution in [1.82, 2.24) is 10.2 Å². The minimum Gasteiger partial charge on any atom is -0.468 e. The fraction of sp³-hybridized carbons (Fsp3) is 0.889. The number of methoxy groups -OCH3 is 1. The molecule has 0 spiro atoms. The molecule has 2 rings (SSSR count). The van der Waals surface area contributed by atoms with Gasteiger partial charge in [0.2, 0.25) is 0 Å². The summed E-state index contributed by atoms with van der Waals surface area (Å²) < 4.78 is 4.76. The van der Waals surface area contributed by atoms with E-state index in [1.807, 2.05) is 0 Å². The number of carbonyl (C=O) groups is 1. The molecule has 0 amide bonds. The van der Waals surface area contributed by atoms with Crippen molar-refractivity contribution in [3.63, 3.8) is 0 Å². The highest BCUT2D eigenvalue weighted by Gasteiger charge is 2.42. The number of fused-ring (bicyclic) bond motifs is 2. The van der Waals surface area contributed by atoms with Crippen LogP contribution in [0.1, 0.15) is 6.42 Å². The molecule has 2 fully saturated rings. The zero-order chi connectivity index (χ0) is 9.42. The lowest BCUT2D eigenvalue weighted by Crippen LogP contribution is -2.38. The van der Waals surface area contributed by atoms with Gasteiger partial charge in [0, 0.05) is 19.1 Å². The van der Waals surface area contributed by atoms with Crippen LogP contribution in [0.3, 0.4) is 0 Å². The Morgan fingerprint density at radius 2 is 2.31 bits per heavy atom. The van der Waals surface area contributed by atoms with Crippen molar-refractivity contribution in [3.05, 3.63) is 0 Å². The summed E-state index contributed by atoms with van der Waals surface area (Å²) in [6, 6.07) is 0.410. The number of likely N-dealkylation sites (N-methyl/N-ethyl adjacent to an activating group) is 1. The minimum absolute atomic E-state index is 0.0695. The maximum Gasteiger partial charge on any atom is 0.323 e. The van der Waals surface area contributed by atoms with E-state index in [1.165, 1.54) is 7.11 Å². The molecule has 0 saturated carbocycles. The van der Waals surface area contributed by atoms with Crippen molar-refractivity contribution >= 4 is 5.97 Å². The predicted octanol–water partition coefficient (Wildman–Crippen LogP) is -0.548. The largest absolute Gasteiger partial charge is 0.468 e. The Balaban J connectivity index is 2.05. The summed E-state index contributed by atoms with van der Waals surface area (Å²) in [6.07, 6.45) is 1.12. The van der Waals surface area contributed by atoms with Crippen LogP contribution in [-0.2, 0) is 9.53 Å². The molecule has 2 bridgehead atoms. The monoisotopic (exact) mass is 184 g/mol. The van der Waals surface area contributed by atoms with Crippen LogP contribution >= 0.6 is 0 Å². The van der Waals surface area contributed by atoms with Gasteiger partial charge in [-0.25, -0.2) is 0 Å². The van der Waals surface area contributed by atoms with E-state index in [9.17, 15) is 4.79 Å². The van der Waals surface area contributed by atoms with Gasteiger partial charge in [-0.15, -0.1) is 0 Å². The van der Waals surface area contributed by atoms with E-state index in [0.717, 1.165) is 19.5 Å². The lowest BCUT2D eigenvalue weighted by Gasteiger charge is -2.27. The Bertz CT molecular complexity index is 220. The number of hydrogen-bond acceptors (Lipinski definition) is 4. The molecule has 13 heavy (non-hydrogen) atoms. The number of hydrogen-bond donors (Lipinski definition) is 1. The van der Waals surface area contributed by atoms with E-state index in [2.05, 4.69) is 17.3 Å². The molecule has 4 heteroatoms. The molecule has 4 nitrogen and oxygen atoms in total. The molecule has 3 atom stereocenters. The van der Waals surface area contributed by atoms with Gasteiger partial charge in [-0.05, 0) is 19.4 Å². The van der Waals surface area contributed by atoms with Crippen LogP contribution < -0.4 is 5.32 Å². The summed E-state index contributed by atoms with van der Waals surface area (Å²) in [5.74, 6) is 0.332. The zero-order valence-electron chi connectivity index (χ0n) is 8.12. The molecule has 2 aliphatic heterocycles. The average molecular weight is 184 g/mol. The van der Waals surface area contributed by atoms with E-state index < -0.39 is 0 Å². The molecule has 2 heterocycles. The van der Waals surface area contributed by atoms with E-state index in [4.69, 9.17) is 4.74 Å². The smallest absolute Gasteiger partial charge is 0.323 e. The van der Waals surface area contributed by atoms with Crippen molar-refractivity contribution < 1.29 is 9.53 Å². The van der Waals surface area contributed by atoms with Gasteiger partial charge in [-0.3, -0.25) is 4.79 Å². The third-order valence-electron chi connectivity index (χ3n) is 3.01. The first-order chi connectivity index (χ1) is 6.20. The summed E-state index contributed by atoms with van der Waals surface area (Å²) in [7, 11) is 3.55. The van der Waals surface area contributed by atoms with Crippen molar-refractivity contribution in [2.45, 2.75) is 18.5 Å². The summed E-state index contributed by atoms with van der Waals surface area (Å²) in [5.41, 5.74) is 0. The van der Waals surface area contributed by atoms with Crippen LogP contribution in [0.4, 0.5) is 0 Å². The SMILES string of the molecule is COC(=O)C1NC2CC1CN(C)C2. The fourth-order valence-corrected chi connectivity index (χ4v) is 2.51. The third-order valence-corrected chi connectivity index (χ3v) is 3.01. The second kappa shape index (κ2) is 3.27. The van der Waals surface area contributed by atoms with Gasteiger partial charge in [0.15, 0.2) is 0 Å². The van der Waals surface area contributed by atoms with Crippen LogP contribution in [0.5, 0.6) is 0 Å². The van der Waals surface area contributed by atoms with E-state index >= 15 is 0 Å². The Morgan fingerprint density at radius 1 is 1.54 bits per heavy atom. The molecular weight excluding hydrogens is 168 g/mol. The predicted molar refractivity (Wildman–Crippen MR) is 48.3 cm³/mol. The molecule has 3 unspecified atom stereocenters. The Labute approximate surface area is 78.2 Å². The highest BCUT2D eigenvalue weighted by Crippen LogP contribution is 2.26. The van der Waals surface area contributed by atoms with Crippen LogP contribution in [0, 0.1) is 5.92 Å². The quantitative estimate of drug-likeness (QED) is 0.555. The molecule has 2 aliphatic rings. The Kier molecular flexibility index (Phi) is 2.26. The summed E-state index contributed by atoms with van der Waals surface area (Å²) in [6.45, 7) is 2.05. The standard InChI is InChI=1S/C9H16N2O2/c1-11-4-6-3-7(5-11)10-8(6)9(12)13-2/h6-8,10H,3-5H2,1-2H3. The second-order valence-electron chi connectivity index (χ2n) is 4.08. The Hall–Kier alpha value is -0.610. The fourth-order valence-electron chi connectivity index (χ4n) is 2.51. The van der Waals surface area contributed by atoms with Crippen LogP contribution in [0.25, 0.3) is 0 Å². The van der Waals surface area contributed by atoms with Gasteiger partial charge in [0.05, 0.1) is 7.11 Å². The zero-order valence-corrected chi connectivity index (χ0v) is 8.12. The van der Waals surface area contributed by atoms with Gasteiger partial charge >= 0.3 is 5.97 Å². The first-order valence-electron chi connectivity index (χ1n) is 4.73. The molecule has 0 aromatic heterocycles. The molecule has 2 saturated heterocycles. The van der Waals surface area contributed by atoms with Gasteiger partial charge in [-0.2, -0.15) is 0 Å². The number of likely N-dealkylation sites (tertiary alicyclic amines) is 1. The molecule has 0 aromatic rings. The maximum absolute atomic E-state index is 11.4. The van der Waals surface area contributed by atoms with E-state index in [-0.39, 0.29) is 12.0 Å². The molecule has 0 aliphatic carbocycles. The van der Waals surface area contributed by atoms with Crippen LogP contribution in [0.15, 0.2) is 0 Å². The molecule has 74 valence electrons. The van der Waals surface area contributed by atoms with Crippen molar-refractivity contribution in [1.29, 1.82) is 0 Å². The number of carbonyl (C=O) groups excluding carboxylic acids is 1. The van der Waals surface area contributed by atoms with Gasteiger partial charge in [0.1, 0.15) is 6.04 Å². The first-order valence-corrected chi connectivity index (χ1v) is 4.73. The van der Waals surface area contributed by atoms with Crippen molar-refractivity contribution in [2.75, 3.05) is 27.2 Å². The molecule has 1 N–H and O–H groups in total. The lowest BCUT2D eigenvalue weighted by molar-refractivity contribution is -0.143. The summed E-state index contributed by atoms with van der Waals surface area (Å²) >= 11 is 0. The number of ether oxygens (including phenoxy) is 1. The van der Waals surface area contributed by atoms with Crippen molar-refractivity contribution in [3.8, 4) is 0 Å². The van der Waals surface area contributed by atoms with Crippen LogP contribution in [-0.4, -0.2) is 50.2 Å². The highest BCUT2D eigenvalue weighted by atomic mass is 16.5. The number of nitrogens with zero attached hydrogens (tertiary/aromatic N) is 1. The second-order valence-corrected chi connectivity index (χ2v) is 4.08.